The summed E-state index contributed by atoms with van der Waals surface area (Å²) >= 11 is 5.99. The van der Waals surface area contributed by atoms with Crippen LogP contribution in [0.4, 0.5) is 0 Å². The average molecular weight is 334 g/mol. The number of halogens is 1. The van der Waals surface area contributed by atoms with Crippen LogP contribution in [0.3, 0.4) is 0 Å². The van der Waals surface area contributed by atoms with E-state index in [1.54, 1.807) is 0 Å². The maximum atomic E-state index is 12.4. The minimum absolute atomic E-state index is 0.0224. The molecule has 3 rings (SSSR count). The molecule has 23 heavy (non-hydrogen) atoms. The second-order valence-corrected chi connectivity index (χ2v) is 7.39. The summed E-state index contributed by atoms with van der Waals surface area (Å²) in [6, 6.07) is 7.46. The van der Waals surface area contributed by atoms with E-state index in [-0.39, 0.29) is 11.4 Å². The van der Waals surface area contributed by atoms with Crippen molar-refractivity contribution >= 4 is 28.4 Å². The predicted octanol–water partition coefficient (Wildman–Crippen LogP) is 3.82. The Morgan fingerprint density at radius 3 is 2.74 bits per heavy atom. The number of rotatable bonds is 4. The zero-order valence-corrected chi connectivity index (χ0v) is 14.5. The lowest BCUT2D eigenvalue weighted by Gasteiger charge is -2.41. The number of fused-ring (bicyclic) bond motifs is 1. The summed E-state index contributed by atoms with van der Waals surface area (Å²) in [7, 11) is 0. The molecule has 1 aromatic heterocycles. The molecule has 0 atom stereocenters. The number of benzene rings is 1. The Balaban J connectivity index is 1.65. The summed E-state index contributed by atoms with van der Waals surface area (Å²) in [5.41, 5.74) is 1.44. The highest BCUT2D eigenvalue weighted by Gasteiger charge is 2.28. The third-order valence-electron chi connectivity index (χ3n) is 4.72. The van der Waals surface area contributed by atoms with Crippen molar-refractivity contribution in [2.45, 2.75) is 38.6 Å². The first-order valence-corrected chi connectivity index (χ1v) is 8.65. The van der Waals surface area contributed by atoms with Crippen molar-refractivity contribution in [2.75, 3.05) is 19.6 Å². The van der Waals surface area contributed by atoms with Crippen molar-refractivity contribution in [3.63, 3.8) is 0 Å². The van der Waals surface area contributed by atoms with Gasteiger partial charge >= 0.3 is 0 Å². The van der Waals surface area contributed by atoms with Crippen molar-refractivity contribution in [2.24, 2.45) is 0 Å². The number of hydrogen-bond acceptors (Lipinski definition) is 2. The maximum absolute atomic E-state index is 12.4. The van der Waals surface area contributed by atoms with E-state index < -0.39 is 0 Å². The van der Waals surface area contributed by atoms with Crippen LogP contribution in [0.1, 0.15) is 43.6 Å². The van der Waals surface area contributed by atoms with Gasteiger partial charge in [0.05, 0.1) is 0 Å². The summed E-state index contributed by atoms with van der Waals surface area (Å²) < 4.78 is 0. The summed E-state index contributed by atoms with van der Waals surface area (Å²) in [4.78, 5) is 18.1. The van der Waals surface area contributed by atoms with Crippen LogP contribution in [-0.2, 0) is 0 Å². The molecule has 2 heterocycles. The standard InChI is InChI=1S/C18H24ClN3O/c1-18(2,22-8-4-3-5-9-22)12-20-17(23)16-10-13-6-7-14(19)11-15(13)21-16/h6-7,10-11,21H,3-5,8-9,12H2,1-2H3,(H,20,23). The molecular weight excluding hydrogens is 310 g/mol. The summed E-state index contributed by atoms with van der Waals surface area (Å²) in [5, 5.41) is 4.73. The Morgan fingerprint density at radius 2 is 2.00 bits per heavy atom. The number of hydrogen-bond donors (Lipinski definition) is 2. The predicted molar refractivity (Wildman–Crippen MR) is 95.1 cm³/mol. The fourth-order valence-electron chi connectivity index (χ4n) is 3.22. The van der Waals surface area contributed by atoms with E-state index in [1.165, 1.54) is 19.3 Å². The first-order chi connectivity index (χ1) is 11.0. The molecule has 0 aliphatic carbocycles. The first kappa shape index (κ1) is 16.3. The highest BCUT2D eigenvalue weighted by atomic mass is 35.5. The minimum atomic E-state index is -0.0672. The molecule has 1 saturated heterocycles. The molecule has 124 valence electrons. The summed E-state index contributed by atoms with van der Waals surface area (Å²) in [6.45, 7) is 7.27. The normalized spacial score (nSPS) is 16.7. The number of aromatic amines is 1. The van der Waals surface area contributed by atoms with Crippen molar-refractivity contribution in [3.8, 4) is 0 Å². The molecule has 2 N–H and O–H groups in total. The molecule has 2 aromatic rings. The molecule has 1 fully saturated rings. The van der Waals surface area contributed by atoms with Gasteiger partial charge in [-0.15, -0.1) is 0 Å². The third kappa shape index (κ3) is 3.70. The van der Waals surface area contributed by atoms with Crippen LogP contribution in [0.2, 0.25) is 5.02 Å². The van der Waals surface area contributed by atoms with Crippen LogP contribution in [0.15, 0.2) is 24.3 Å². The van der Waals surface area contributed by atoms with Gasteiger partial charge in [-0.25, -0.2) is 0 Å². The van der Waals surface area contributed by atoms with Crippen molar-refractivity contribution in [1.82, 2.24) is 15.2 Å². The molecule has 1 aromatic carbocycles. The van der Waals surface area contributed by atoms with Crippen LogP contribution in [-0.4, -0.2) is 41.0 Å². The summed E-state index contributed by atoms with van der Waals surface area (Å²) in [5.74, 6) is -0.0672. The Labute approximate surface area is 142 Å². The van der Waals surface area contributed by atoms with E-state index in [0.717, 1.165) is 24.0 Å². The fraction of sp³-hybridized carbons (Fsp3) is 0.500. The van der Waals surface area contributed by atoms with E-state index in [4.69, 9.17) is 11.6 Å². The number of carbonyl (C=O) groups excluding carboxylic acids is 1. The number of nitrogens with zero attached hydrogens (tertiary/aromatic N) is 1. The number of nitrogens with one attached hydrogen (secondary N) is 2. The van der Waals surface area contributed by atoms with Gasteiger partial charge in [-0.3, -0.25) is 9.69 Å². The van der Waals surface area contributed by atoms with Crippen LogP contribution < -0.4 is 5.32 Å². The van der Waals surface area contributed by atoms with Gasteiger partial charge in [-0.2, -0.15) is 0 Å². The highest BCUT2D eigenvalue weighted by Crippen LogP contribution is 2.21. The topological polar surface area (TPSA) is 48.1 Å². The van der Waals surface area contributed by atoms with Crippen molar-refractivity contribution in [1.29, 1.82) is 0 Å². The molecule has 0 saturated carbocycles. The molecule has 0 bridgehead atoms. The van der Waals surface area contributed by atoms with Gasteiger partial charge in [0.1, 0.15) is 5.69 Å². The largest absolute Gasteiger partial charge is 0.350 e. The van der Waals surface area contributed by atoms with Crippen molar-refractivity contribution < 1.29 is 4.79 Å². The lowest BCUT2D eigenvalue weighted by molar-refractivity contribution is 0.0795. The molecule has 1 aliphatic rings. The number of H-pyrrole nitrogens is 1. The van der Waals surface area contributed by atoms with Gasteiger partial charge < -0.3 is 10.3 Å². The maximum Gasteiger partial charge on any atom is 0.267 e. The second-order valence-electron chi connectivity index (χ2n) is 6.96. The third-order valence-corrected chi connectivity index (χ3v) is 4.96. The molecule has 5 heteroatoms. The van der Waals surface area contributed by atoms with E-state index >= 15 is 0 Å². The number of piperidine rings is 1. The highest BCUT2D eigenvalue weighted by molar-refractivity contribution is 6.31. The molecule has 1 aliphatic heterocycles. The van der Waals surface area contributed by atoms with E-state index in [0.29, 0.717) is 17.3 Å². The molecule has 0 unspecified atom stereocenters. The Bertz CT molecular complexity index is 701. The SMILES string of the molecule is CC(C)(CNC(=O)c1cc2ccc(Cl)cc2[nH]1)N1CCCCC1. The van der Waals surface area contributed by atoms with Gasteiger partial charge in [0.15, 0.2) is 0 Å². The van der Waals surface area contributed by atoms with Crippen LogP contribution >= 0.6 is 11.6 Å². The van der Waals surface area contributed by atoms with E-state index in [1.807, 2.05) is 24.3 Å². The van der Waals surface area contributed by atoms with Gasteiger partial charge in [0.2, 0.25) is 0 Å². The lowest BCUT2D eigenvalue weighted by atomic mass is 9.98. The van der Waals surface area contributed by atoms with Gasteiger partial charge in [0.25, 0.3) is 5.91 Å². The number of likely N-dealkylation sites (tertiary alicyclic amines) is 1. The van der Waals surface area contributed by atoms with Crippen LogP contribution in [0.25, 0.3) is 10.9 Å². The monoisotopic (exact) mass is 333 g/mol. The zero-order valence-electron chi connectivity index (χ0n) is 13.8. The molecule has 4 nitrogen and oxygen atoms in total. The van der Waals surface area contributed by atoms with Gasteiger partial charge in [0, 0.05) is 28.0 Å². The molecule has 0 radical (unpaired) electrons. The Kier molecular flexibility index (Phi) is 4.64. The van der Waals surface area contributed by atoms with Crippen LogP contribution in [0.5, 0.6) is 0 Å². The minimum Gasteiger partial charge on any atom is -0.350 e. The van der Waals surface area contributed by atoms with Crippen molar-refractivity contribution in [3.05, 3.63) is 35.0 Å². The van der Waals surface area contributed by atoms with Gasteiger partial charge in [-0.1, -0.05) is 24.1 Å². The number of aromatic nitrogens is 1. The van der Waals surface area contributed by atoms with Gasteiger partial charge in [-0.05, 0) is 58.0 Å². The molecule has 1 amide bonds. The molecule has 0 spiro atoms. The quantitative estimate of drug-likeness (QED) is 0.893. The number of amides is 1. The van der Waals surface area contributed by atoms with E-state index in [9.17, 15) is 4.79 Å². The van der Waals surface area contributed by atoms with E-state index in [2.05, 4.69) is 29.0 Å². The first-order valence-electron chi connectivity index (χ1n) is 8.27. The smallest absolute Gasteiger partial charge is 0.267 e. The Morgan fingerprint density at radius 1 is 1.26 bits per heavy atom. The average Bonchev–Trinajstić information content (AvgIpc) is 2.96. The fourth-order valence-corrected chi connectivity index (χ4v) is 3.40. The Hall–Kier alpha value is -1.52. The molecular formula is C18H24ClN3O. The zero-order chi connectivity index (χ0) is 16.4. The second kappa shape index (κ2) is 6.54. The lowest BCUT2D eigenvalue weighted by Crippen LogP contribution is -2.53. The van der Waals surface area contributed by atoms with Crippen LogP contribution in [0, 0.1) is 0 Å². The summed E-state index contributed by atoms with van der Waals surface area (Å²) in [6.07, 6.45) is 3.82. The number of carbonyl (C=O) groups is 1.